The van der Waals surface area contributed by atoms with Crippen molar-refractivity contribution in [3.63, 3.8) is 0 Å². The average Bonchev–Trinajstić information content (AvgIpc) is 1.87. The molecule has 4 heteroatoms. The van der Waals surface area contributed by atoms with Gasteiger partial charge >= 0.3 is 0 Å². The summed E-state index contributed by atoms with van der Waals surface area (Å²) in [7, 11) is 0. The molecule has 0 spiro atoms. The van der Waals surface area contributed by atoms with Crippen molar-refractivity contribution in [2.75, 3.05) is 6.61 Å². The standard InChI is InChI=1S/C5H10N2O2/c1-2-9-5(7)4(6)3-8/h5H,2,6-7H2,1H3. The lowest BCUT2D eigenvalue weighted by atomic mass is 10.4. The summed E-state index contributed by atoms with van der Waals surface area (Å²) in [4.78, 5) is 9.77. The molecule has 0 heterocycles. The van der Waals surface area contributed by atoms with Gasteiger partial charge in [-0.15, -0.1) is 0 Å². The molecule has 0 aliphatic carbocycles. The van der Waals surface area contributed by atoms with Gasteiger partial charge in [0, 0.05) is 6.61 Å². The van der Waals surface area contributed by atoms with Gasteiger partial charge in [0.05, 0.1) is 0 Å². The van der Waals surface area contributed by atoms with Gasteiger partial charge in [-0.1, -0.05) is 0 Å². The normalized spacial score (nSPS) is 12.2. The molecule has 4 nitrogen and oxygen atoms in total. The Hall–Kier alpha value is -0.830. The number of hydrogen-bond acceptors (Lipinski definition) is 4. The van der Waals surface area contributed by atoms with Crippen molar-refractivity contribution in [1.29, 1.82) is 0 Å². The van der Waals surface area contributed by atoms with Crippen LogP contribution in [0.3, 0.4) is 0 Å². The molecule has 0 amide bonds. The predicted octanol–water partition coefficient (Wildman–Crippen LogP) is -1.02. The van der Waals surface area contributed by atoms with Gasteiger partial charge in [0.2, 0.25) is 0 Å². The first-order chi connectivity index (χ1) is 4.22. The first-order valence-electron chi connectivity index (χ1n) is 2.60. The van der Waals surface area contributed by atoms with Gasteiger partial charge in [0.25, 0.3) is 0 Å². The zero-order valence-electron chi connectivity index (χ0n) is 5.26. The van der Waals surface area contributed by atoms with E-state index in [2.05, 4.69) is 0 Å². The van der Waals surface area contributed by atoms with Crippen LogP contribution in [0.2, 0.25) is 0 Å². The molecule has 0 aromatic carbocycles. The van der Waals surface area contributed by atoms with Gasteiger partial charge in [-0.25, -0.2) is 4.79 Å². The van der Waals surface area contributed by atoms with Gasteiger partial charge in [0.15, 0.2) is 6.23 Å². The lowest BCUT2D eigenvalue weighted by molar-refractivity contribution is 0.0929. The maximum absolute atomic E-state index is 9.77. The second kappa shape index (κ2) is 4.09. The summed E-state index contributed by atoms with van der Waals surface area (Å²) in [6.45, 7) is 2.20. The molecule has 0 aromatic rings. The van der Waals surface area contributed by atoms with E-state index in [-0.39, 0.29) is 5.70 Å². The van der Waals surface area contributed by atoms with Crippen LogP contribution in [0.25, 0.3) is 0 Å². The maximum Gasteiger partial charge on any atom is 0.156 e. The maximum atomic E-state index is 9.77. The molecule has 4 N–H and O–H groups in total. The molecule has 0 saturated heterocycles. The van der Waals surface area contributed by atoms with Gasteiger partial charge in [0.1, 0.15) is 11.6 Å². The lowest BCUT2D eigenvalue weighted by Crippen LogP contribution is -2.30. The molecule has 9 heavy (non-hydrogen) atoms. The smallest absolute Gasteiger partial charge is 0.156 e. The Morgan fingerprint density at radius 2 is 2.44 bits per heavy atom. The summed E-state index contributed by atoms with van der Waals surface area (Å²) < 4.78 is 4.75. The van der Waals surface area contributed by atoms with Crippen molar-refractivity contribution < 1.29 is 9.53 Å². The van der Waals surface area contributed by atoms with Crippen molar-refractivity contribution in [3.8, 4) is 0 Å². The minimum Gasteiger partial charge on any atom is -0.390 e. The molecule has 0 aliphatic rings. The summed E-state index contributed by atoms with van der Waals surface area (Å²) in [6, 6.07) is 0. The third-order valence-electron chi connectivity index (χ3n) is 0.771. The van der Waals surface area contributed by atoms with Crippen LogP contribution < -0.4 is 11.5 Å². The Balaban J connectivity index is 3.73. The summed E-state index contributed by atoms with van der Waals surface area (Å²) in [5, 5.41) is 0. The fourth-order valence-corrected chi connectivity index (χ4v) is 0.327. The topological polar surface area (TPSA) is 78.3 Å². The largest absolute Gasteiger partial charge is 0.390 e. The second-order valence-electron chi connectivity index (χ2n) is 1.43. The minimum atomic E-state index is -0.799. The number of carbonyl (C=O) groups excluding carboxylic acids is 1. The second-order valence-corrected chi connectivity index (χ2v) is 1.43. The minimum absolute atomic E-state index is 0.100. The molecule has 0 saturated carbocycles. The molecular formula is C5H10N2O2. The van der Waals surface area contributed by atoms with E-state index in [1.807, 2.05) is 0 Å². The molecule has 0 bridgehead atoms. The van der Waals surface area contributed by atoms with Crippen LogP contribution in [0.1, 0.15) is 6.92 Å². The number of hydrogen-bond donors (Lipinski definition) is 2. The highest BCUT2D eigenvalue weighted by atomic mass is 16.5. The van der Waals surface area contributed by atoms with Crippen LogP contribution in [0.5, 0.6) is 0 Å². The molecule has 0 aliphatic heterocycles. The van der Waals surface area contributed by atoms with Crippen molar-refractivity contribution in [2.45, 2.75) is 13.2 Å². The summed E-state index contributed by atoms with van der Waals surface area (Å²) >= 11 is 0. The Morgan fingerprint density at radius 3 is 2.78 bits per heavy atom. The number of nitrogens with two attached hydrogens (primary N) is 2. The number of ether oxygens (including phenoxy) is 1. The zero-order valence-corrected chi connectivity index (χ0v) is 5.26. The van der Waals surface area contributed by atoms with Gasteiger partial charge in [-0.05, 0) is 6.92 Å². The molecule has 0 radical (unpaired) electrons. The van der Waals surface area contributed by atoms with E-state index in [1.54, 1.807) is 6.92 Å². The van der Waals surface area contributed by atoms with E-state index in [0.717, 1.165) is 0 Å². The fraction of sp³-hybridized carbons (Fsp3) is 0.600. The quantitative estimate of drug-likeness (QED) is 0.378. The van der Waals surface area contributed by atoms with Crippen LogP contribution in [-0.2, 0) is 9.53 Å². The highest BCUT2D eigenvalue weighted by Crippen LogP contribution is 1.86. The van der Waals surface area contributed by atoms with Crippen LogP contribution >= 0.6 is 0 Å². The van der Waals surface area contributed by atoms with E-state index in [1.165, 1.54) is 5.94 Å². The molecule has 1 unspecified atom stereocenters. The summed E-state index contributed by atoms with van der Waals surface area (Å²) in [5.74, 6) is 1.44. The molecule has 52 valence electrons. The third-order valence-corrected chi connectivity index (χ3v) is 0.771. The zero-order chi connectivity index (χ0) is 7.28. The van der Waals surface area contributed by atoms with E-state index in [9.17, 15) is 4.79 Å². The van der Waals surface area contributed by atoms with Crippen LogP contribution in [-0.4, -0.2) is 18.8 Å². The van der Waals surface area contributed by atoms with Gasteiger partial charge < -0.3 is 16.2 Å². The van der Waals surface area contributed by atoms with Crippen molar-refractivity contribution in [2.24, 2.45) is 11.5 Å². The highest BCUT2D eigenvalue weighted by molar-refractivity contribution is 5.51. The number of rotatable bonds is 3. The SMILES string of the molecule is CCOC(N)C(N)=C=O. The molecule has 0 fully saturated rings. The van der Waals surface area contributed by atoms with Crippen molar-refractivity contribution in [1.82, 2.24) is 0 Å². The summed E-state index contributed by atoms with van der Waals surface area (Å²) in [5.41, 5.74) is 10.1. The van der Waals surface area contributed by atoms with Crippen LogP contribution in [0.15, 0.2) is 5.70 Å². The monoisotopic (exact) mass is 130 g/mol. The van der Waals surface area contributed by atoms with Gasteiger partial charge in [-0.3, -0.25) is 0 Å². The first-order valence-corrected chi connectivity index (χ1v) is 2.60. The van der Waals surface area contributed by atoms with Crippen LogP contribution in [0.4, 0.5) is 0 Å². The van der Waals surface area contributed by atoms with Crippen molar-refractivity contribution in [3.05, 3.63) is 5.70 Å². The first kappa shape index (κ1) is 8.17. The Kier molecular flexibility index (Phi) is 3.71. The fourth-order valence-electron chi connectivity index (χ4n) is 0.327. The summed E-state index contributed by atoms with van der Waals surface area (Å²) in [6.07, 6.45) is -0.799. The van der Waals surface area contributed by atoms with E-state index in [0.29, 0.717) is 6.61 Å². The van der Waals surface area contributed by atoms with Gasteiger partial charge in [-0.2, -0.15) is 0 Å². The highest BCUT2D eigenvalue weighted by Gasteiger charge is 2.03. The van der Waals surface area contributed by atoms with E-state index >= 15 is 0 Å². The predicted molar refractivity (Wildman–Crippen MR) is 33.0 cm³/mol. The average molecular weight is 130 g/mol. The van der Waals surface area contributed by atoms with Crippen LogP contribution in [0, 0.1) is 0 Å². The molecule has 0 rings (SSSR count). The van der Waals surface area contributed by atoms with E-state index < -0.39 is 6.23 Å². The van der Waals surface area contributed by atoms with E-state index in [4.69, 9.17) is 16.2 Å². The Bertz CT molecular complexity index is 129. The molecular weight excluding hydrogens is 120 g/mol. The van der Waals surface area contributed by atoms with Crippen molar-refractivity contribution >= 4 is 5.94 Å². The Morgan fingerprint density at radius 1 is 1.89 bits per heavy atom. The Labute approximate surface area is 53.5 Å². The molecule has 0 aromatic heterocycles. The lowest BCUT2D eigenvalue weighted by Gasteiger charge is -2.07. The third kappa shape index (κ3) is 2.87. The molecule has 1 atom stereocenters.